The third-order valence-electron chi connectivity index (χ3n) is 3.71. The number of rotatable bonds is 9. The van der Waals surface area contributed by atoms with E-state index >= 15 is 0 Å². The highest BCUT2D eigenvalue weighted by Crippen LogP contribution is 2.21. The van der Waals surface area contributed by atoms with Crippen LogP contribution in [0.4, 0.5) is 11.6 Å². The summed E-state index contributed by atoms with van der Waals surface area (Å²) in [4.78, 5) is 8.57. The van der Waals surface area contributed by atoms with Crippen molar-refractivity contribution in [1.29, 1.82) is 0 Å². The van der Waals surface area contributed by atoms with E-state index in [-0.39, 0.29) is 6.10 Å². The summed E-state index contributed by atoms with van der Waals surface area (Å²) in [5.74, 6) is 2.04. The normalized spacial score (nSPS) is 12.5. The van der Waals surface area contributed by atoms with Gasteiger partial charge in [-0.1, -0.05) is 33.6 Å². The molecule has 0 aliphatic rings. The fraction of sp³-hybridized carbons (Fsp3) is 0.733. The molecule has 0 saturated heterocycles. The Bertz CT molecular complexity index is 393. The maximum absolute atomic E-state index is 10.2. The Labute approximate surface area is 122 Å². The van der Waals surface area contributed by atoms with Gasteiger partial charge >= 0.3 is 0 Å². The summed E-state index contributed by atoms with van der Waals surface area (Å²) < 4.78 is 0. The zero-order chi connectivity index (χ0) is 15.0. The number of hydrogen-bond donors (Lipinski definition) is 3. The summed E-state index contributed by atoms with van der Waals surface area (Å²) in [6.45, 7) is 9.72. The van der Waals surface area contributed by atoms with Gasteiger partial charge in [-0.3, -0.25) is 0 Å². The van der Waals surface area contributed by atoms with Gasteiger partial charge in [-0.15, -0.1) is 0 Å². The monoisotopic (exact) mass is 280 g/mol. The predicted molar refractivity (Wildman–Crippen MR) is 84.1 cm³/mol. The minimum atomic E-state index is -0.341. The molecule has 5 nitrogen and oxygen atoms in total. The molecular weight excluding hydrogens is 252 g/mol. The highest BCUT2D eigenvalue weighted by molar-refractivity contribution is 5.57. The zero-order valence-corrected chi connectivity index (χ0v) is 13.1. The molecule has 5 heteroatoms. The van der Waals surface area contributed by atoms with Crippen LogP contribution in [0.5, 0.6) is 0 Å². The lowest BCUT2D eigenvalue weighted by Gasteiger charge is -2.21. The van der Waals surface area contributed by atoms with E-state index in [0.29, 0.717) is 12.5 Å². The molecule has 20 heavy (non-hydrogen) atoms. The predicted octanol–water partition coefficient (Wildman–Crippen LogP) is 2.68. The van der Waals surface area contributed by atoms with Crippen LogP contribution in [-0.2, 0) is 6.42 Å². The molecule has 0 bridgehead atoms. The SMILES string of the molecule is CCNc1ncnc(NCC(O)C(CC)CC)c1CC. The van der Waals surface area contributed by atoms with Crippen LogP contribution in [0.2, 0.25) is 0 Å². The molecule has 0 aromatic carbocycles. The van der Waals surface area contributed by atoms with E-state index in [2.05, 4.69) is 41.4 Å². The number of anilines is 2. The second-order valence-corrected chi connectivity index (χ2v) is 4.96. The van der Waals surface area contributed by atoms with Gasteiger partial charge in [0.1, 0.15) is 18.0 Å². The standard InChI is InChI=1S/C15H28N4O/c1-5-11(6-2)13(20)9-17-15-12(7-3)14(16-8-4)18-10-19-15/h10-11,13,20H,5-9H2,1-4H3,(H2,16,17,18,19). The molecule has 0 spiro atoms. The van der Waals surface area contributed by atoms with Gasteiger partial charge in [0, 0.05) is 18.7 Å². The third-order valence-corrected chi connectivity index (χ3v) is 3.71. The average molecular weight is 280 g/mol. The molecule has 1 atom stereocenters. The highest BCUT2D eigenvalue weighted by Gasteiger charge is 2.16. The number of hydrogen-bond acceptors (Lipinski definition) is 5. The Morgan fingerprint density at radius 1 is 1.05 bits per heavy atom. The fourth-order valence-corrected chi connectivity index (χ4v) is 2.42. The van der Waals surface area contributed by atoms with E-state index in [1.807, 2.05) is 6.92 Å². The van der Waals surface area contributed by atoms with Crippen LogP contribution in [0.15, 0.2) is 6.33 Å². The van der Waals surface area contributed by atoms with Crippen molar-refractivity contribution in [1.82, 2.24) is 9.97 Å². The molecule has 1 heterocycles. The average Bonchev–Trinajstić information content (AvgIpc) is 2.46. The van der Waals surface area contributed by atoms with Gasteiger partial charge in [-0.2, -0.15) is 0 Å². The lowest BCUT2D eigenvalue weighted by Crippen LogP contribution is -2.28. The van der Waals surface area contributed by atoms with Crippen LogP contribution in [0.1, 0.15) is 46.1 Å². The van der Waals surface area contributed by atoms with Crippen molar-refractivity contribution < 1.29 is 5.11 Å². The first kappa shape index (κ1) is 16.7. The topological polar surface area (TPSA) is 70.1 Å². The van der Waals surface area contributed by atoms with E-state index in [1.54, 1.807) is 6.33 Å². The van der Waals surface area contributed by atoms with E-state index < -0.39 is 0 Å². The Morgan fingerprint density at radius 2 is 1.65 bits per heavy atom. The molecule has 1 aromatic heterocycles. The van der Waals surface area contributed by atoms with Gasteiger partial charge < -0.3 is 15.7 Å². The van der Waals surface area contributed by atoms with Crippen LogP contribution in [0.3, 0.4) is 0 Å². The maximum atomic E-state index is 10.2. The summed E-state index contributed by atoms with van der Waals surface area (Å²) in [5.41, 5.74) is 1.08. The van der Waals surface area contributed by atoms with Gasteiger partial charge in [-0.25, -0.2) is 9.97 Å². The highest BCUT2D eigenvalue weighted by atomic mass is 16.3. The molecule has 0 aliphatic carbocycles. The summed E-state index contributed by atoms with van der Waals surface area (Å²) in [6.07, 6.45) is 4.06. The van der Waals surface area contributed by atoms with Crippen molar-refractivity contribution in [2.24, 2.45) is 5.92 Å². The van der Waals surface area contributed by atoms with Gasteiger partial charge in [0.2, 0.25) is 0 Å². The molecule has 0 amide bonds. The lowest BCUT2D eigenvalue weighted by atomic mass is 9.96. The zero-order valence-electron chi connectivity index (χ0n) is 13.1. The van der Waals surface area contributed by atoms with Gasteiger partial charge in [0.05, 0.1) is 6.10 Å². The van der Waals surface area contributed by atoms with Crippen LogP contribution >= 0.6 is 0 Å². The quantitative estimate of drug-likeness (QED) is 0.649. The van der Waals surface area contributed by atoms with Crippen LogP contribution < -0.4 is 10.6 Å². The Kier molecular flexibility index (Phi) is 7.30. The summed E-state index contributed by atoms with van der Waals surface area (Å²) in [7, 11) is 0. The van der Waals surface area contributed by atoms with Crippen molar-refractivity contribution in [2.75, 3.05) is 23.7 Å². The molecule has 1 unspecified atom stereocenters. The Morgan fingerprint density at radius 3 is 2.15 bits per heavy atom. The molecule has 0 radical (unpaired) electrons. The van der Waals surface area contributed by atoms with Crippen LogP contribution in [0, 0.1) is 5.92 Å². The third kappa shape index (κ3) is 4.34. The molecular formula is C15H28N4O. The first-order valence-corrected chi connectivity index (χ1v) is 7.67. The fourth-order valence-electron chi connectivity index (χ4n) is 2.42. The lowest BCUT2D eigenvalue weighted by molar-refractivity contribution is 0.114. The van der Waals surface area contributed by atoms with Gasteiger partial charge in [0.25, 0.3) is 0 Å². The van der Waals surface area contributed by atoms with Gasteiger partial charge in [0.15, 0.2) is 0 Å². The van der Waals surface area contributed by atoms with E-state index in [4.69, 9.17) is 0 Å². The van der Waals surface area contributed by atoms with Crippen molar-refractivity contribution in [3.05, 3.63) is 11.9 Å². The number of aliphatic hydroxyl groups is 1. The molecule has 114 valence electrons. The molecule has 0 fully saturated rings. The first-order valence-electron chi connectivity index (χ1n) is 7.67. The Hall–Kier alpha value is -1.36. The second kappa shape index (κ2) is 8.74. The number of nitrogens with one attached hydrogen (secondary N) is 2. The molecule has 1 rings (SSSR count). The van der Waals surface area contributed by atoms with Crippen molar-refractivity contribution in [3.8, 4) is 0 Å². The Balaban J connectivity index is 2.74. The summed E-state index contributed by atoms with van der Waals surface area (Å²) >= 11 is 0. The number of aromatic nitrogens is 2. The molecule has 1 aromatic rings. The number of nitrogens with zero attached hydrogens (tertiary/aromatic N) is 2. The van der Waals surface area contributed by atoms with E-state index in [0.717, 1.165) is 43.0 Å². The molecule has 0 saturated carbocycles. The van der Waals surface area contributed by atoms with Crippen molar-refractivity contribution >= 4 is 11.6 Å². The van der Waals surface area contributed by atoms with E-state index in [1.165, 1.54) is 0 Å². The largest absolute Gasteiger partial charge is 0.391 e. The number of aliphatic hydroxyl groups excluding tert-OH is 1. The van der Waals surface area contributed by atoms with Crippen molar-refractivity contribution in [3.63, 3.8) is 0 Å². The van der Waals surface area contributed by atoms with Crippen LogP contribution in [0.25, 0.3) is 0 Å². The van der Waals surface area contributed by atoms with E-state index in [9.17, 15) is 5.11 Å². The molecule has 0 aliphatic heterocycles. The van der Waals surface area contributed by atoms with Gasteiger partial charge in [-0.05, 0) is 19.3 Å². The minimum absolute atomic E-state index is 0.336. The van der Waals surface area contributed by atoms with Crippen molar-refractivity contribution in [2.45, 2.75) is 53.1 Å². The minimum Gasteiger partial charge on any atom is -0.391 e. The molecule has 3 N–H and O–H groups in total. The summed E-state index contributed by atoms with van der Waals surface area (Å²) in [6, 6.07) is 0. The smallest absolute Gasteiger partial charge is 0.134 e. The van der Waals surface area contributed by atoms with Crippen LogP contribution in [-0.4, -0.2) is 34.3 Å². The summed E-state index contributed by atoms with van der Waals surface area (Å²) in [5, 5.41) is 16.7. The maximum Gasteiger partial charge on any atom is 0.134 e. The second-order valence-electron chi connectivity index (χ2n) is 4.96. The first-order chi connectivity index (χ1) is 9.67.